The third-order valence-electron chi connectivity index (χ3n) is 2.96. The van der Waals surface area contributed by atoms with Gasteiger partial charge in [-0.25, -0.2) is 0 Å². The highest BCUT2D eigenvalue weighted by Crippen LogP contribution is 2.36. The van der Waals surface area contributed by atoms with Crippen molar-refractivity contribution in [3.8, 4) is 9.75 Å². The van der Waals surface area contributed by atoms with Crippen molar-refractivity contribution in [2.75, 3.05) is 0 Å². The zero-order valence-electron chi connectivity index (χ0n) is 11.0. The molecule has 0 amide bonds. The molecule has 3 aromatic rings. The van der Waals surface area contributed by atoms with E-state index in [0.717, 1.165) is 0 Å². The van der Waals surface area contributed by atoms with Gasteiger partial charge < -0.3 is 0 Å². The molecular weight excluding hydrogens is 348 g/mol. The van der Waals surface area contributed by atoms with Crippen molar-refractivity contribution in [2.45, 2.75) is 6.92 Å². The van der Waals surface area contributed by atoms with E-state index in [0.29, 0.717) is 0 Å². The SMILES string of the molecule is Cc1ccc(/C=C/c2ccc(-c3ccc(Br)s3)s2)cc1. The lowest BCUT2D eigenvalue weighted by Gasteiger charge is -1.94. The molecule has 0 unspecified atom stereocenters. The van der Waals surface area contributed by atoms with E-state index in [1.807, 2.05) is 11.3 Å². The van der Waals surface area contributed by atoms with Crippen molar-refractivity contribution in [3.63, 3.8) is 0 Å². The van der Waals surface area contributed by atoms with Crippen LogP contribution < -0.4 is 0 Å². The van der Waals surface area contributed by atoms with E-state index in [2.05, 4.69) is 83.5 Å². The third-order valence-corrected chi connectivity index (χ3v) is 5.83. The number of halogens is 1. The lowest BCUT2D eigenvalue weighted by atomic mass is 10.1. The fourth-order valence-corrected chi connectivity index (χ4v) is 4.26. The minimum absolute atomic E-state index is 1.18. The van der Waals surface area contributed by atoms with Gasteiger partial charge in [-0.3, -0.25) is 0 Å². The molecule has 0 aliphatic rings. The molecule has 2 aromatic heterocycles. The Morgan fingerprint density at radius 3 is 2.20 bits per heavy atom. The summed E-state index contributed by atoms with van der Waals surface area (Å²) in [5.74, 6) is 0. The first-order chi connectivity index (χ1) is 9.70. The second kappa shape index (κ2) is 6.08. The van der Waals surface area contributed by atoms with Crippen LogP contribution in [-0.4, -0.2) is 0 Å². The number of hydrogen-bond acceptors (Lipinski definition) is 2. The predicted molar refractivity (Wildman–Crippen MR) is 95.4 cm³/mol. The van der Waals surface area contributed by atoms with Crippen LogP contribution in [0.2, 0.25) is 0 Å². The molecule has 0 saturated carbocycles. The highest BCUT2D eigenvalue weighted by Gasteiger charge is 2.03. The molecular formula is C17H13BrS2. The Labute approximate surface area is 135 Å². The highest BCUT2D eigenvalue weighted by atomic mass is 79.9. The number of hydrogen-bond donors (Lipinski definition) is 0. The molecule has 0 aliphatic carbocycles. The van der Waals surface area contributed by atoms with Crippen LogP contribution in [0, 0.1) is 6.92 Å². The lowest BCUT2D eigenvalue weighted by Crippen LogP contribution is -1.72. The average molecular weight is 361 g/mol. The van der Waals surface area contributed by atoms with E-state index < -0.39 is 0 Å². The van der Waals surface area contributed by atoms with Crippen molar-refractivity contribution in [1.29, 1.82) is 0 Å². The van der Waals surface area contributed by atoms with Crippen molar-refractivity contribution in [2.24, 2.45) is 0 Å². The Kier molecular flexibility index (Phi) is 4.20. The Bertz CT molecular complexity index is 732. The summed E-state index contributed by atoms with van der Waals surface area (Å²) in [5.41, 5.74) is 2.54. The minimum atomic E-state index is 1.18. The summed E-state index contributed by atoms with van der Waals surface area (Å²) in [6.07, 6.45) is 4.35. The van der Waals surface area contributed by atoms with Crippen molar-refractivity contribution in [3.05, 3.63) is 68.3 Å². The molecule has 3 heteroatoms. The van der Waals surface area contributed by atoms with Crippen LogP contribution >= 0.6 is 38.6 Å². The molecule has 100 valence electrons. The van der Waals surface area contributed by atoms with Crippen LogP contribution in [0.1, 0.15) is 16.0 Å². The van der Waals surface area contributed by atoms with Gasteiger partial charge in [-0.2, -0.15) is 0 Å². The summed E-state index contributed by atoms with van der Waals surface area (Å²) in [6, 6.07) is 17.2. The van der Waals surface area contributed by atoms with Gasteiger partial charge in [0.1, 0.15) is 0 Å². The van der Waals surface area contributed by atoms with Crippen LogP contribution in [-0.2, 0) is 0 Å². The number of rotatable bonds is 3. The van der Waals surface area contributed by atoms with Crippen LogP contribution in [0.3, 0.4) is 0 Å². The van der Waals surface area contributed by atoms with Gasteiger partial charge in [0.15, 0.2) is 0 Å². The van der Waals surface area contributed by atoms with Gasteiger partial charge in [0.05, 0.1) is 3.79 Å². The van der Waals surface area contributed by atoms with E-state index in [1.165, 1.54) is 29.5 Å². The van der Waals surface area contributed by atoms with Crippen LogP contribution in [0.5, 0.6) is 0 Å². The van der Waals surface area contributed by atoms with Gasteiger partial charge >= 0.3 is 0 Å². The first kappa shape index (κ1) is 13.8. The fraction of sp³-hybridized carbons (Fsp3) is 0.0588. The summed E-state index contributed by atoms with van der Waals surface area (Å²) < 4.78 is 1.18. The normalized spacial score (nSPS) is 11.3. The van der Waals surface area contributed by atoms with Crippen LogP contribution in [0.15, 0.2) is 52.3 Å². The topological polar surface area (TPSA) is 0 Å². The molecule has 2 heterocycles. The van der Waals surface area contributed by atoms with Gasteiger partial charge in [-0.1, -0.05) is 35.9 Å². The van der Waals surface area contributed by atoms with Gasteiger partial charge in [-0.05, 0) is 58.8 Å². The maximum atomic E-state index is 3.51. The van der Waals surface area contributed by atoms with Crippen molar-refractivity contribution >= 4 is 50.8 Å². The van der Waals surface area contributed by atoms with Gasteiger partial charge in [-0.15, -0.1) is 22.7 Å². The lowest BCUT2D eigenvalue weighted by molar-refractivity contribution is 1.46. The molecule has 20 heavy (non-hydrogen) atoms. The summed E-state index contributed by atoms with van der Waals surface area (Å²) >= 11 is 7.11. The number of thiophene rings is 2. The number of benzene rings is 1. The van der Waals surface area contributed by atoms with E-state index in [9.17, 15) is 0 Å². The fourth-order valence-electron chi connectivity index (χ4n) is 1.88. The van der Waals surface area contributed by atoms with Crippen molar-refractivity contribution in [1.82, 2.24) is 0 Å². The second-order valence-corrected chi connectivity index (χ2v) is 8.13. The zero-order valence-corrected chi connectivity index (χ0v) is 14.2. The standard InChI is InChI=1S/C17H13BrS2/c1-12-2-4-13(5-3-12)6-7-14-8-9-15(19-14)16-10-11-17(18)20-16/h2-11H,1H3/b7-6+. The van der Waals surface area contributed by atoms with E-state index in [-0.39, 0.29) is 0 Å². The smallest absolute Gasteiger partial charge is 0.0705 e. The molecule has 0 fully saturated rings. The maximum absolute atomic E-state index is 3.51. The monoisotopic (exact) mass is 360 g/mol. The second-order valence-electron chi connectivity index (χ2n) is 4.55. The molecule has 0 spiro atoms. The summed E-state index contributed by atoms with van der Waals surface area (Å²) in [7, 11) is 0. The van der Waals surface area contributed by atoms with E-state index in [1.54, 1.807) is 11.3 Å². The minimum Gasteiger partial charge on any atom is -0.135 e. The zero-order chi connectivity index (χ0) is 13.9. The summed E-state index contributed by atoms with van der Waals surface area (Å²) in [5, 5.41) is 0. The van der Waals surface area contributed by atoms with Crippen LogP contribution in [0.4, 0.5) is 0 Å². The molecule has 0 saturated heterocycles. The Balaban J connectivity index is 1.78. The molecule has 0 N–H and O–H groups in total. The molecule has 0 radical (unpaired) electrons. The van der Waals surface area contributed by atoms with Gasteiger partial charge in [0.25, 0.3) is 0 Å². The summed E-state index contributed by atoms with van der Waals surface area (Å²) in [6.45, 7) is 2.11. The quantitative estimate of drug-likeness (QED) is 0.486. The van der Waals surface area contributed by atoms with Crippen molar-refractivity contribution < 1.29 is 0 Å². The number of aryl methyl sites for hydroxylation is 1. The molecule has 0 nitrogen and oxygen atoms in total. The molecule has 0 bridgehead atoms. The first-order valence-electron chi connectivity index (χ1n) is 6.31. The van der Waals surface area contributed by atoms with E-state index in [4.69, 9.17) is 0 Å². The Hall–Kier alpha value is -1.16. The molecule has 1 aromatic carbocycles. The highest BCUT2D eigenvalue weighted by molar-refractivity contribution is 9.11. The largest absolute Gasteiger partial charge is 0.135 e. The first-order valence-corrected chi connectivity index (χ1v) is 8.73. The van der Waals surface area contributed by atoms with E-state index >= 15 is 0 Å². The molecule has 0 atom stereocenters. The Morgan fingerprint density at radius 2 is 1.50 bits per heavy atom. The predicted octanol–water partition coefficient (Wildman–Crippen LogP) is 6.72. The molecule has 0 aliphatic heterocycles. The van der Waals surface area contributed by atoms with Gasteiger partial charge in [0, 0.05) is 14.6 Å². The molecule has 3 rings (SSSR count). The summed E-state index contributed by atoms with van der Waals surface area (Å²) in [4.78, 5) is 3.92. The average Bonchev–Trinajstić information content (AvgIpc) is 3.07. The van der Waals surface area contributed by atoms with Crippen LogP contribution in [0.25, 0.3) is 21.9 Å². The maximum Gasteiger partial charge on any atom is 0.0705 e. The third kappa shape index (κ3) is 3.29. The Morgan fingerprint density at radius 1 is 0.800 bits per heavy atom. The van der Waals surface area contributed by atoms with Gasteiger partial charge in [0.2, 0.25) is 0 Å².